The molecule has 0 bridgehead atoms. The fourth-order valence-corrected chi connectivity index (χ4v) is 2.78. The topological polar surface area (TPSA) is 51.2 Å². The first-order chi connectivity index (χ1) is 12.3. The van der Waals surface area contributed by atoms with Gasteiger partial charge in [0.05, 0.1) is 5.52 Å². The van der Waals surface area contributed by atoms with Crippen LogP contribution in [0, 0.1) is 5.92 Å². The van der Waals surface area contributed by atoms with Gasteiger partial charge in [0.2, 0.25) is 5.88 Å². The zero-order valence-corrected chi connectivity index (χ0v) is 13.9. The SMILES string of the molecule is O=CCc1ccc2nc(Oc3ccc(NCC4CC4)cc3)ccc2c1. The van der Waals surface area contributed by atoms with Gasteiger partial charge >= 0.3 is 0 Å². The molecule has 0 amide bonds. The Morgan fingerprint density at radius 3 is 2.68 bits per heavy atom. The number of carbonyl (C=O) groups is 1. The van der Waals surface area contributed by atoms with E-state index in [-0.39, 0.29) is 0 Å². The highest BCUT2D eigenvalue weighted by Crippen LogP contribution is 2.29. The average Bonchev–Trinajstić information content (AvgIpc) is 3.46. The van der Waals surface area contributed by atoms with Crippen LogP contribution in [-0.4, -0.2) is 17.8 Å². The number of hydrogen-bond acceptors (Lipinski definition) is 4. The van der Waals surface area contributed by atoms with E-state index in [4.69, 9.17) is 4.74 Å². The lowest BCUT2D eigenvalue weighted by atomic mass is 10.1. The van der Waals surface area contributed by atoms with Crippen molar-refractivity contribution in [3.05, 3.63) is 60.2 Å². The minimum atomic E-state index is 0.426. The van der Waals surface area contributed by atoms with Crippen LogP contribution in [0.2, 0.25) is 0 Å². The van der Waals surface area contributed by atoms with E-state index in [1.807, 2.05) is 54.6 Å². The Labute approximate surface area is 146 Å². The number of benzene rings is 2. The molecular formula is C21H20N2O2. The third kappa shape index (κ3) is 3.97. The lowest BCUT2D eigenvalue weighted by molar-refractivity contribution is -0.107. The van der Waals surface area contributed by atoms with Crippen LogP contribution in [0.25, 0.3) is 10.9 Å². The van der Waals surface area contributed by atoms with Crippen LogP contribution in [0.1, 0.15) is 18.4 Å². The number of nitrogens with zero attached hydrogens (tertiary/aromatic N) is 1. The predicted molar refractivity (Wildman–Crippen MR) is 99.2 cm³/mol. The van der Waals surface area contributed by atoms with Gasteiger partial charge in [-0.3, -0.25) is 0 Å². The molecule has 1 N–H and O–H groups in total. The second-order valence-corrected chi connectivity index (χ2v) is 6.50. The number of ether oxygens (including phenoxy) is 1. The van der Waals surface area contributed by atoms with Gasteiger partial charge in [-0.1, -0.05) is 6.07 Å². The van der Waals surface area contributed by atoms with E-state index in [0.717, 1.165) is 46.7 Å². The number of carbonyl (C=O) groups excluding carboxylic acids is 1. The van der Waals surface area contributed by atoms with E-state index in [1.165, 1.54) is 12.8 Å². The normalized spacial score (nSPS) is 13.6. The summed E-state index contributed by atoms with van der Waals surface area (Å²) in [5, 5.41) is 4.45. The van der Waals surface area contributed by atoms with Crippen LogP contribution < -0.4 is 10.1 Å². The minimum Gasteiger partial charge on any atom is -0.439 e. The highest BCUT2D eigenvalue weighted by Gasteiger charge is 2.20. The van der Waals surface area contributed by atoms with Crippen LogP contribution in [-0.2, 0) is 11.2 Å². The minimum absolute atomic E-state index is 0.426. The van der Waals surface area contributed by atoms with Crippen molar-refractivity contribution in [2.24, 2.45) is 5.92 Å². The summed E-state index contributed by atoms with van der Waals surface area (Å²) in [6.07, 6.45) is 4.03. The Morgan fingerprint density at radius 2 is 1.92 bits per heavy atom. The summed E-state index contributed by atoms with van der Waals surface area (Å²) >= 11 is 0. The average molecular weight is 332 g/mol. The molecule has 1 fully saturated rings. The smallest absolute Gasteiger partial charge is 0.219 e. The first-order valence-electron chi connectivity index (χ1n) is 8.65. The molecule has 2 aromatic carbocycles. The Kier molecular flexibility index (Phi) is 4.34. The molecular weight excluding hydrogens is 312 g/mol. The van der Waals surface area contributed by atoms with E-state index >= 15 is 0 Å². The van der Waals surface area contributed by atoms with E-state index in [9.17, 15) is 4.79 Å². The number of aromatic nitrogens is 1. The maximum absolute atomic E-state index is 10.6. The van der Waals surface area contributed by atoms with E-state index in [0.29, 0.717) is 12.3 Å². The van der Waals surface area contributed by atoms with Crippen LogP contribution in [0.3, 0.4) is 0 Å². The molecule has 4 heteroatoms. The highest BCUT2D eigenvalue weighted by molar-refractivity contribution is 5.80. The summed E-state index contributed by atoms with van der Waals surface area (Å²) in [6.45, 7) is 1.05. The van der Waals surface area contributed by atoms with Crippen molar-refractivity contribution >= 4 is 22.9 Å². The molecule has 1 heterocycles. The van der Waals surface area contributed by atoms with Gasteiger partial charge in [0.25, 0.3) is 0 Å². The first kappa shape index (κ1) is 15.6. The van der Waals surface area contributed by atoms with E-state index in [2.05, 4.69) is 10.3 Å². The number of hydrogen-bond donors (Lipinski definition) is 1. The van der Waals surface area contributed by atoms with E-state index in [1.54, 1.807) is 0 Å². The summed E-state index contributed by atoms with van der Waals surface area (Å²) in [6, 6.07) is 17.6. The highest BCUT2D eigenvalue weighted by atomic mass is 16.5. The first-order valence-corrected chi connectivity index (χ1v) is 8.65. The number of aldehydes is 1. The quantitative estimate of drug-likeness (QED) is 0.643. The van der Waals surface area contributed by atoms with Gasteiger partial charge in [0.15, 0.2) is 0 Å². The molecule has 25 heavy (non-hydrogen) atoms. The lowest BCUT2D eigenvalue weighted by Crippen LogP contribution is -2.02. The summed E-state index contributed by atoms with van der Waals surface area (Å²) in [7, 11) is 0. The Bertz CT molecular complexity index is 886. The summed E-state index contributed by atoms with van der Waals surface area (Å²) in [5.74, 6) is 2.18. The third-order valence-electron chi connectivity index (χ3n) is 4.42. The van der Waals surface area contributed by atoms with Gasteiger partial charge in [-0.25, -0.2) is 4.98 Å². The molecule has 4 nitrogen and oxygen atoms in total. The largest absolute Gasteiger partial charge is 0.439 e. The maximum Gasteiger partial charge on any atom is 0.219 e. The van der Waals surface area contributed by atoms with Crippen LogP contribution in [0.4, 0.5) is 5.69 Å². The molecule has 0 spiro atoms. The molecule has 126 valence electrons. The molecule has 1 aromatic heterocycles. The molecule has 0 atom stereocenters. The summed E-state index contributed by atoms with van der Waals surface area (Å²) < 4.78 is 5.86. The fraction of sp³-hybridized carbons (Fsp3) is 0.238. The number of pyridine rings is 1. The Balaban J connectivity index is 1.45. The predicted octanol–water partition coefficient (Wildman–Crippen LogP) is 4.59. The molecule has 0 aliphatic heterocycles. The number of anilines is 1. The number of nitrogens with one attached hydrogen (secondary N) is 1. The second-order valence-electron chi connectivity index (χ2n) is 6.50. The summed E-state index contributed by atoms with van der Waals surface area (Å²) in [5.41, 5.74) is 2.97. The zero-order chi connectivity index (χ0) is 17.1. The van der Waals surface area contributed by atoms with Crippen molar-refractivity contribution in [3.63, 3.8) is 0 Å². The van der Waals surface area contributed by atoms with Crippen molar-refractivity contribution in [2.75, 3.05) is 11.9 Å². The zero-order valence-electron chi connectivity index (χ0n) is 13.9. The van der Waals surface area contributed by atoms with Gasteiger partial charge in [0.1, 0.15) is 12.0 Å². The Morgan fingerprint density at radius 1 is 1.08 bits per heavy atom. The van der Waals surface area contributed by atoms with Crippen molar-refractivity contribution in [3.8, 4) is 11.6 Å². The molecule has 3 aromatic rings. The second kappa shape index (κ2) is 6.93. The van der Waals surface area contributed by atoms with Crippen LogP contribution in [0.15, 0.2) is 54.6 Å². The van der Waals surface area contributed by atoms with Gasteiger partial charge in [-0.15, -0.1) is 0 Å². The molecule has 1 aliphatic rings. The van der Waals surface area contributed by atoms with Crippen molar-refractivity contribution in [1.82, 2.24) is 4.98 Å². The maximum atomic E-state index is 10.6. The van der Waals surface area contributed by atoms with Gasteiger partial charge in [0, 0.05) is 30.1 Å². The number of fused-ring (bicyclic) bond motifs is 1. The summed E-state index contributed by atoms with van der Waals surface area (Å²) in [4.78, 5) is 15.2. The van der Waals surface area contributed by atoms with Crippen molar-refractivity contribution < 1.29 is 9.53 Å². The van der Waals surface area contributed by atoms with Crippen molar-refractivity contribution in [2.45, 2.75) is 19.3 Å². The molecule has 1 saturated carbocycles. The molecule has 0 radical (unpaired) electrons. The van der Waals surface area contributed by atoms with Crippen LogP contribution in [0.5, 0.6) is 11.6 Å². The van der Waals surface area contributed by atoms with E-state index < -0.39 is 0 Å². The van der Waals surface area contributed by atoms with Crippen molar-refractivity contribution in [1.29, 1.82) is 0 Å². The van der Waals surface area contributed by atoms with Gasteiger partial charge < -0.3 is 14.8 Å². The number of rotatable bonds is 7. The fourth-order valence-electron chi connectivity index (χ4n) is 2.78. The Hall–Kier alpha value is -2.88. The molecule has 0 saturated heterocycles. The molecule has 0 unspecified atom stereocenters. The van der Waals surface area contributed by atoms with Crippen LogP contribution >= 0.6 is 0 Å². The standard InChI is InChI=1S/C21H20N2O2/c24-12-11-15-3-9-20-17(13-15)4-10-21(23-20)25-19-7-5-18(6-8-19)22-14-16-1-2-16/h3-10,12-13,16,22H,1-2,11,14H2. The lowest BCUT2D eigenvalue weighted by Gasteiger charge is -2.09. The monoisotopic (exact) mass is 332 g/mol. The van der Waals surface area contributed by atoms with Gasteiger partial charge in [-0.05, 0) is 66.8 Å². The molecule has 4 rings (SSSR count). The third-order valence-corrected chi connectivity index (χ3v) is 4.42. The van der Waals surface area contributed by atoms with Gasteiger partial charge in [-0.2, -0.15) is 0 Å². The molecule has 1 aliphatic carbocycles.